The summed E-state index contributed by atoms with van der Waals surface area (Å²) < 4.78 is 70.4. The molecule has 263 valence electrons. The van der Waals surface area contributed by atoms with Gasteiger partial charge in [0.15, 0.2) is 0 Å². The fraction of sp³-hybridized carbons (Fsp3) is 0.143. The Morgan fingerprint density at radius 3 is 2.15 bits per heavy atom. The van der Waals surface area contributed by atoms with Crippen LogP contribution in [0.25, 0.3) is 77.1 Å². The van der Waals surface area contributed by atoms with Crippen molar-refractivity contribution in [3.8, 4) is 33.6 Å². The Morgan fingerprint density at radius 1 is 0.660 bits per heavy atom. The molecule has 53 heavy (non-hydrogen) atoms. The van der Waals surface area contributed by atoms with Crippen LogP contribution in [0.3, 0.4) is 0 Å². The van der Waals surface area contributed by atoms with Crippen molar-refractivity contribution in [2.45, 2.75) is 40.8 Å². The van der Waals surface area contributed by atoms with Gasteiger partial charge in [0.05, 0.1) is 5.58 Å². The molecular weight excluding hydrogens is 825 g/mol. The largest absolute Gasteiger partial charge is 0.500 e. The molecule has 3 aromatic heterocycles. The van der Waals surface area contributed by atoms with Gasteiger partial charge in [0, 0.05) is 54.2 Å². The fourth-order valence-corrected chi connectivity index (χ4v) is 6.64. The van der Waals surface area contributed by atoms with E-state index in [4.69, 9.17) is 15.4 Å². The van der Waals surface area contributed by atoms with Gasteiger partial charge >= 0.3 is 0 Å². The minimum atomic E-state index is -2.63. The van der Waals surface area contributed by atoms with Crippen molar-refractivity contribution in [1.82, 2.24) is 9.97 Å². The van der Waals surface area contributed by atoms with E-state index in [1.54, 1.807) is 12.3 Å². The van der Waals surface area contributed by atoms with E-state index in [0.29, 0.717) is 22.3 Å². The van der Waals surface area contributed by atoms with Crippen molar-refractivity contribution >= 4 is 43.5 Å². The first-order chi connectivity index (χ1) is 28.4. The second kappa shape index (κ2) is 14.9. The zero-order valence-electron chi connectivity index (χ0n) is 37.4. The van der Waals surface area contributed by atoms with Crippen LogP contribution in [0.5, 0.6) is 0 Å². The van der Waals surface area contributed by atoms with E-state index in [-0.39, 0.29) is 36.9 Å². The molecule has 3 nitrogen and oxygen atoms in total. The molecule has 0 saturated carbocycles. The molecular formula is C49H40IrN2O-2. The summed E-state index contributed by atoms with van der Waals surface area (Å²) >= 11 is 0. The molecule has 3 heterocycles. The molecule has 0 N–H and O–H groups in total. The predicted molar refractivity (Wildman–Crippen MR) is 217 cm³/mol. The third-order valence-electron chi connectivity index (χ3n) is 8.93. The van der Waals surface area contributed by atoms with Gasteiger partial charge in [-0.15, -0.1) is 54.1 Å². The SMILES string of the molecule is [2H]C([2H])([2H])c1cnc(-c2[c-]ccc3c2oc2c3ccc3cc(-c4ccccc4)c4ccccc4c32)cc1C([2H])([2H])[2H].[2H]C([2H])(c1ccc(-c2[c-]cccc2)nc1)C(C)(C)C.[Ir]. The van der Waals surface area contributed by atoms with Crippen molar-refractivity contribution in [2.75, 3.05) is 0 Å². The Kier molecular flexibility index (Phi) is 7.66. The third kappa shape index (κ3) is 7.31. The van der Waals surface area contributed by atoms with E-state index in [1.165, 1.54) is 6.07 Å². The number of fused-ring (bicyclic) bond motifs is 7. The van der Waals surface area contributed by atoms with E-state index in [1.807, 2.05) is 99.6 Å². The summed E-state index contributed by atoms with van der Waals surface area (Å²) in [6.07, 6.45) is 1.35. The van der Waals surface area contributed by atoms with Crippen LogP contribution in [0.4, 0.5) is 0 Å². The molecule has 9 aromatic rings. The molecule has 0 aliphatic heterocycles. The molecule has 0 amide bonds. The third-order valence-corrected chi connectivity index (χ3v) is 8.93. The van der Waals surface area contributed by atoms with E-state index in [9.17, 15) is 0 Å². The summed E-state index contributed by atoms with van der Waals surface area (Å²) in [4.78, 5) is 8.72. The molecule has 0 unspecified atom stereocenters. The van der Waals surface area contributed by atoms with Gasteiger partial charge in [-0.05, 0) is 81.4 Å². The smallest absolute Gasteiger partial charge is 0.129 e. The van der Waals surface area contributed by atoms with E-state index < -0.39 is 25.5 Å². The van der Waals surface area contributed by atoms with E-state index >= 15 is 0 Å². The van der Waals surface area contributed by atoms with Gasteiger partial charge < -0.3 is 14.4 Å². The van der Waals surface area contributed by atoms with E-state index in [0.717, 1.165) is 60.9 Å². The van der Waals surface area contributed by atoms with Crippen molar-refractivity contribution in [2.24, 2.45) is 5.41 Å². The Bertz CT molecular complexity index is 3010. The Hall–Kier alpha value is -5.41. The van der Waals surface area contributed by atoms with Gasteiger partial charge in [-0.3, -0.25) is 0 Å². The molecule has 6 aromatic carbocycles. The molecule has 0 atom stereocenters. The maximum Gasteiger partial charge on any atom is 0.129 e. The van der Waals surface area contributed by atoms with Gasteiger partial charge in [-0.2, -0.15) is 0 Å². The van der Waals surface area contributed by atoms with Crippen molar-refractivity contribution in [1.29, 1.82) is 0 Å². The number of aromatic nitrogens is 2. The topological polar surface area (TPSA) is 38.9 Å². The molecule has 0 fully saturated rings. The van der Waals surface area contributed by atoms with Crippen molar-refractivity contribution < 1.29 is 35.5 Å². The van der Waals surface area contributed by atoms with Crippen molar-refractivity contribution in [3.05, 3.63) is 169 Å². The normalized spacial score (nSPS) is 14.4. The van der Waals surface area contributed by atoms with Crippen LogP contribution in [-0.2, 0) is 26.5 Å². The number of hydrogen-bond donors (Lipinski definition) is 0. The molecule has 1 radical (unpaired) electrons. The summed E-state index contributed by atoms with van der Waals surface area (Å²) in [6.45, 7) is 0.446. The van der Waals surface area contributed by atoms with E-state index in [2.05, 4.69) is 58.5 Å². The standard InChI is InChI=1S/C33H22NO.C16H18N.Ir/c1-20-17-30(34-19-21(20)2)28-14-8-13-26-27-16-15-23-18-29(22-9-4-3-5-10-22)24-11-6-7-12-25(24)31(23)33(27)35-32(26)28;1-16(2,3)11-13-9-10-15(17-12-13)14-7-5-4-6-8-14;/h3-13,15-19H,1-2H3;4-7,9-10,12H,11H2,1-3H3;/q2*-1;/i1D3,2D3;11D2;. The fourth-order valence-electron chi connectivity index (χ4n) is 6.64. The minimum Gasteiger partial charge on any atom is -0.500 e. The zero-order chi connectivity index (χ0) is 42.6. The van der Waals surface area contributed by atoms with Crippen LogP contribution in [-0.4, -0.2) is 9.97 Å². The number of aryl methyl sites for hydroxylation is 2. The monoisotopic (exact) mass is 873 g/mol. The maximum atomic E-state index is 8.21. The number of nitrogens with zero attached hydrogens (tertiary/aromatic N) is 2. The Labute approximate surface area is 336 Å². The molecule has 0 aliphatic carbocycles. The minimum absolute atomic E-state index is 0. The van der Waals surface area contributed by atoms with Crippen molar-refractivity contribution in [3.63, 3.8) is 0 Å². The Morgan fingerprint density at radius 2 is 1.42 bits per heavy atom. The Balaban J connectivity index is 0.000000237. The van der Waals surface area contributed by atoms with Crippen LogP contribution in [0.15, 0.2) is 144 Å². The van der Waals surface area contributed by atoms with Crippen LogP contribution in [0.2, 0.25) is 0 Å². The first-order valence-electron chi connectivity index (χ1n) is 21.2. The molecule has 4 heteroatoms. The van der Waals surface area contributed by atoms with Gasteiger partial charge in [0.1, 0.15) is 5.58 Å². The molecule has 0 aliphatic rings. The second-order valence-corrected chi connectivity index (χ2v) is 13.8. The summed E-state index contributed by atoms with van der Waals surface area (Å²) in [5, 5.41) is 5.93. The quantitative estimate of drug-likeness (QED) is 0.131. The van der Waals surface area contributed by atoms with Crippen LogP contribution >= 0.6 is 0 Å². The van der Waals surface area contributed by atoms with Crippen LogP contribution in [0.1, 0.15) is 48.4 Å². The molecule has 9 rings (SSSR count). The summed E-state index contributed by atoms with van der Waals surface area (Å²) in [5.74, 6) is 0. The van der Waals surface area contributed by atoms with Gasteiger partial charge in [0.2, 0.25) is 0 Å². The maximum absolute atomic E-state index is 8.21. The number of furan rings is 1. The van der Waals surface area contributed by atoms with Crippen LogP contribution in [0, 0.1) is 31.3 Å². The van der Waals surface area contributed by atoms with Crippen LogP contribution < -0.4 is 0 Å². The second-order valence-electron chi connectivity index (χ2n) is 13.8. The predicted octanol–water partition coefficient (Wildman–Crippen LogP) is 13.2. The zero-order valence-corrected chi connectivity index (χ0v) is 31.8. The average Bonchev–Trinajstić information content (AvgIpc) is 3.62. The first kappa shape index (κ1) is 27.2. The number of benzene rings is 6. The number of hydrogen-bond acceptors (Lipinski definition) is 3. The summed E-state index contributed by atoms with van der Waals surface area (Å²) in [5.41, 5.74) is 5.58. The van der Waals surface area contributed by atoms with Gasteiger partial charge in [0.25, 0.3) is 0 Å². The average molecular weight is 873 g/mol. The van der Waals surface area contributed by atoms with Gasteiger partial charge in [-0.25, -0.2) is 0 Å². The summed E-state index contributed by atoms with van der Waals surface area (Å²) in [7, 11) is 0. The molecule has 0 spiro atoms. The molecule has 0 saturated heterocycles. The van der Waals surface area contributed by atoms with Gasteiger partial charge in [-0.1, -0.05) is 122 Å². The number of pyridine rings is 2. The number of rotatable bonds is 4. The molecule has 0 bridgehead atoms. The first-order valence-corrected chi connectivity index (χ1v) is 17.2. The summed E-state index contributed by atoms with van der Waals surface area (Å²) in [6, 6.07) is 47.4.